The minimum absolute atomic E-state index is 0.163. The minimum atomic E-state index is -1.03. The van der Waals surface area contributed by atoms with Crippen molar-refractivity contribution in [1.29, 1.82) is 0 Å². The number of oxazole rings is 2. The number of rotatable bonds is 10. The highest BCUT2D eigenvalue weighted by Crippen LogP contribution is 2.26. The lowest BCUT2D eigenvalue weighted by molar-refractivity contribution is 0.00682. The molecular weight excluding hydrogens is 803 g/mol. The first-order valence-electron chi connectivity index (χ1n) is 19.1. The summed E-state index contributed by atoms with van der Waals surface area (Å²) < 4.78 is 19.7. The van der Waals surface area contributed by atoms with Crippen molar-refractivity contribution in [2.75, 3.05) is 0 Å². The Morgan fingerprint density at radius 3 is 1.45 bits per heavy atom. The van der Waals surface area contributed by atoms with E-state index < -0.39 is 29.1 Å². The molecule has 0 aliphatic rings. The van der Waals surface area contributed by atoms with E-state index in [-0.39, 0.29) is 5.56 Å². The fourth-order valence-corrected chi connectivity index (χ4v) is 7.18. The zero-order chi connectivity index (χ0) is 42.6. The van der Waals surface area contributed by atoms with Gasteiger partial charge in [0.05, 0.1) is 35.2 Å². The molecule has 2 aromatic heterocycles. The van der Waals surface area contributed by atoms with E-state index >= 15 is 0 Å². The van der Waals surface area contributed by atoms with Gasteiger partial charge in [-0.15, -0.1) is 0 Å². The maximum Gasteiger partial charge on any atom is 0.420 e. The summed E-state index contributed by atoms with van der Waals surface area (Å²) in [5, 5.41) is 10.2. The van der Waals surface area contributed by atoms with Crippen molar-refractivity contribution in [3.05, 3.63) is 209 Å². The standard InChI is InChI=1S/C26H24ClNO4.C22H16ClNO4/c1-26(2,3)32-24(29)21-15-20(27)11-10-19(21)13-18-9-12-22-23(14-18)31-25(30)28(22)16-17-7-5-4-6-8-17;23-17-8-7-16(18(12-17)21(25)26)10-15-6-9-19-20(11-15)28-22(27)24(19)13-14-4-2-1-3-5-14/h4-12,14-15H,13,16H2,1-3H3;1-9,11-12H,10,13H2,(H,25,26). The molecule has 0 amide bonds. The number of hydrogen-bond donors (Lipinski definition) is 1. The number of carbonyl (C=O) groups excluding carboxylic acids is 1. The molecule has 1 N–H and O–H groups in total. The van der Waals surface area contributed by atoms with Crippen LogP contribution in [-0.4, -0.2) is 31.8 Å². The van der Waals surface area contributed by atoms with Crippen LogP contribution < -0.4 is 11.5 Å². The smallest absolute Gasteiger partial charge is 0.420 e. The van der Waals surface area contributed by atoms with Gasteiger partial charge < -0.3 is 18.7 Å². The molecule has 0 aliphatic carbocycles. The number of nitrogens with zero attached hydrogens (tertiary/aromatic N) is 2. The summed E-state index contributed by atoms with van der Waals surface area (Å²) in [6.07, 6.45) is 0.859. The number of halogens is 2. The number of carboxylic acids is 1. The van der Waals surface area contributed by atoms with E-state index in [0.29, 0.717) is 63.8 Å². The van der Waals surface area contributed by atoms with Gasteiger partial charge >= 0.3 is 23.5 Å². The Kier molecular flexibility index (Phi) is 12.3. The SMILES string of the molecule is CC(C)(C)OC(=O)c1cc(Cl)ccc1Cc1ccc2c(c1)oc(=O)n2Cc1ccccc1.O=C(O)c1cc(Cl)ccc1Cc1ccc2c(c1)oc(=O)n2Cc1ccccc1. The van der Waals surface area contributed by atoms with Crippen molar-refractivity contribution < 1.29 is 28.3 Å². The van der Waals surface area contributed by atoms with Gasteiger partial charge in [0.15, 0.2) is 11.2 Å². The maximum absolute atomic E-state index is 12.7. The molecule has 0 saturated heterocycles. The van der Waals surface area contributed by atoms with Crippen LogP contribution in [0.1, 0.15) is 74.9 Å². The Labute approximate surface area is 354 Å². The highest BCUT2D eigenvalue weighted by molar-refractivity contribution is 6.31. The monoisotopic (exact) mass is 842 g/mol. The number of fused-ring (bicyclic) bond motifs is 2. The summed E-state index contributed by atoms with van der Waals surface area (Å²) in [4.78, 5) is 48.9. The zero-order valence-corrected chi connectivity index (χ0v) is 34.5. The van der Waals surface area contributed by atoms with Gasteiger partial charge in [-0.3, -0.25) is 9.13 Å². The second kappa shape index (κ2) is 17.7. The Morgan fingerprint density at radius 1 is 0.583 bits per heavy atom. The topological polar surface area (TPSA) is 134 Å². The third-order valence-corrected chi connectivity index (χ3v) is 10.1. The fourth-order valence-electron chi connectivity index (χ4n) is 6.84. The minimum Gasteiger partial charge on any atom is -0.478 e. The van der Waals surface area contributed by atoms with Gasteiger partial charge in [0.1, 0.15) is 5.60 Å². The van der Waals surface area contributed by atoms with Crippen LogP contribution in [0.2, 0.25) is 10.0 Å². The highest BCUT2D eigenvalue weighted by Gasteiger charge is 2.22. The number of benzene rings is 6. The number of hydrogen-bond acceptors (Lipinski definition) is 7. The third-order valence-electron chi connectivity index (χ3n) is 9.61. The van der Waals surface area contributed by atoms with Crippen molar-refractivity contribution in [3.63, 3.8) is 0 Å². The van der Waals surface area contributed by atoms with Gasteiger partial charge in [-0.25, -0.2) is 19.2 Å². The average molecular weight is 844 g/mol. The molecule has 0 saturated carbocycles. The van der Waals surface area contributed by atoms with Crippen LogP contribution in [0.3, 0.4) is 0 Å². The maximum atomic E-state index is 12.7. The summed E-state index contributed by atoms with van der Waals surface area (Å²) in [5.74, 6) is -2.27. The number of aromatic carboxylic acids is 1. The van der Waals surface area contributed by atoms with Crippen molar-refractivity contribution in [2.45, 2.75) is 52.3 Å². The normalized spacial score (nSPS) is 11.3. The summed E-state index contributed by atoms with van der Waals surface area (Å²) in [7, 11) is 0. The second-order valence-electron chi connectivity index (χ2n) is 15.2. The largest absolute Gasteiger partial charge is 0.478 e. The second-order valence-corrected chi connectivity index (χ2v) is 16.1. The van der Waals surface area contributed by atoms with Crippen LogP contribution in [0, 0.1) is 0 Å². The molecule has 304 valence electrons. The van der Waals surface area contributed by atoms with E-state index in [4.69, 9.17) is 36.8 Å². The molecule has 0 atom stereocenters. The number of ether oxygens (including phenoxy) is 1. The molecule has 10 nitrogen and oxygen atoms in total. The molecule has 0 spiro atoms. The average Bonchev–Trinajstić information content (AvgIpc) is 3.69. The third kappa shape index (κ3) is 9.97. The first kappa shape index (κ1) is 41.5. The lowest BCUT2D eigenvalue weighted by Gasteiger charge is -2.20. The van der Waals surface area contributed by atoms with Gasteiger partial charge in [-0.05, 0) is 116 Å². The Hall–Kier alpha value is -6.62. The lowest BCUT2D eigenvalue weighted by Crippen LogP contribution is -2.24. The van der Waals surface area contributed by atoms with Crippen molar-refractivity contribution >= 4 is 57.3 Å². The molecule has 8 aromatic rings. The van der Waals surface area contributed by atoms with Crippen LogP contribution in [0.15, 0.2) is 152 Å². The van der Waals surface area contributed by atoms with Crippen LogP contribution in [-0.2, 0) is 30.7 Å². The molecule has 0 aliphatic heterocycles. The first-order chi connectivity index (χ1) is 28.7. The molecule has 60 heavy (non-hydrogen) atoms. The number of carbonyl (C=O) groups is 2. The molecule has 8 rings (SSSR count). The van der Waals surface area contributed by atoms with E-state index in [1.54, 1.807) is 39.5 Å². The van der Waals surface area contributed by atoms with E-state index in [1.807, 2.05) is 118 Å². The summed E-state index contributed by atoms with van der Waals surface area (Å²) in [5.41, 5.74) is 7.60. The van der Waals surface area contributed by atoms with E-state index in [1.165, 1.54) is 6.07 Å². The summed E-state index contributed by atoms with van der Waals surface area (Å²) in [6, 6.07) is 40.6. The quantitative estimate of drug-likeness (QED) is 0.135. The highest BCUT2D eigenvalue weighted by atomic mass is 35.5. The molecule has 0 bridgehead atoms. The molecule has 6 aromatic carbocycles. The van der Waals surface area contributed by atoms with Gasteiger partial charge in [-0.2, -0.15) is 0 Å². The van der Waals surface area contributed by atoms with Crippen LogP contribution >= 0.6 is 23.2 Å². The van der Waals surface area contributed by atoms with Crippen LogP contribution in [0.4, 0.5) is 0 Å². The Balaban J connectivity index is 0.000000183. The molecule has 12 heteroatoms. The Bertz CT molecular complexity index is 2960. The van der Waals surface area contributed by atoms with Gasteiger partial charge in [-0.1, -0.05) is 108 Å². The number of carboxylic acid groups (broad SMARTS) is 1. The van der Waals surface area contributed by atoms with E-state index in [9.17, 15) is 24.3 Å². The van der Waals surface area contributed by atoms with Gasteiger partial charge in [0.25, 0.3) is 0 Å². The predicted molar refractivity (Wildman–Crippen MR) is 233 cm³/mol. The fraction of sp³-hybridized carbons (Fsp3) is 0.167. The van der Waals surface area contributed by atoms with Crippen LogP contribution in [0.25, 0.3) is 22.2 Å². The van der Waals surface area contributed by atoms with Gasteiger partial charge in [0, 0.05) is 10.0 Å². The van der Waals surface area contributed by atoms with Crippen molar-refractivity contribution in [1.82, 2.24) is 9.13 Å². The Morgan fingerprint density at radius 2 is 1.02 bits per heavy atom. The molecule has 0 fully saturated rings. The van der Waals surface area contributed by atoms with E-state index in [2.05, 4.69) is 0 Å². The van der Waals surface area contributed by atoms with Crippen molar-refractivity contribution in [2.24, 2.45) is 0 Å². The first-order valence-corrected chi connectivity index (χ1v) is 19.8. The molecule has 0 radical (unpaired) electrons. The molecular formula is C48H40Cl2N2O8. The lowest BCUT2D eigenvalue weighted by atomic mass is 9.99. The number of aromatic nitrogens is 2. The van der Waals surface area contributed by atoms with E-state index in [0.717, 1.165) is 33.3 Å². The zero-order valence-electron chi connectivity index (χ0n) is 33.0. The predicted octanol–water partition coefficient (Wildman–Crippen LogP) is 10.4. The molecule has 0 unspecified atom stereocenters. The summed E-state index contributed by atoms with van der Waals surface area (Å²) >= 11 is 12.1. The summed E-state index contributed by atoms with van der Waals surface area (Å²) in [6.45, 7) is 6.33. The molecule has 2 heterocycles. The van der Waals surface area contributed by atoms with Crippen molar-refractivity contribution in [3.8, 4) is 0 Å². The number of esters is 1. The van der Waals surface area contributed by atoms with Gasteiger partial charge in [0.2, 0.25) is 0 Å². The van der Waals surface area contributed by atoms with Crippen LogP contribution in [0.5, 0.6) is 0 Å².